The average molecular weight is 430 g/mol. The van der Waals surface area contributed by atoms with E-state index in [-0.39, 0.29) is 0 Å². The highest BCUT2D eigenvalue weighted by Crippen LogP contribution is 2.27. The van der Waals surface area contributed by atoms with Gasteiger partial charge >= 0.3 is 11.9 Å². The van der Waals surface area contributed by atoms with Crippen molar-refractivity contribution in [2.24, 2.45) is 0 Å². The van der Waals surface area contributed by atoms with E-state index < -0.39 is 11.9 Å². The Morgan fingerprint density at radius 1 is 0.964 bits per heavy atom. The molecular formula is C19H21Cl2NO6. The highest BCUT2D eigenvalue weighted by molar-refractivity contribution is 6.35. The highest BCUT2D eigenvalue weighted by Gasteiger charge is 2.05. The second-order valence-electron chi connectivity index (χ2n) is 5.46. The van der Waals surface area contributed by atoms with E-state index in [1.54, 1.807) is 20.3 Å². The van der Waals surface area contributed by atoms with Gasteiger partial charge in [0.05, 0.1) is 14.2 Å². The van der Waals surface area contributed by atoms with Crippen LogP contribution in [0.1, 0.15) is 11.1 Å². The van der Waals surface area contributed by atoms with Crippen LogP contribution in [-0.2, 0) is 22.6 Å². The van der Waals surface area contributed by atoms with Gasteiger partial charge in [-0.15, -0.1) is 0 Å². The van der Waals surface area contributed by atoms with Gasteiger partial charge in [-0.05, 0) is 48.4 Å². The Kier molecular flexibility index (Phi) is 10.2. The van der Waals surface area contributed by atoms with Crippen LogP contribution >= 0.6 is 23.2 Å². The monoisotopic (exact) mass is 429 g/mol. The first-order valence-corrected chi connectivity index (χ1v) is 8.85. The predicted molar refractivity (Wildman–Crippen MR) is 107 cm³/mol. The van der Waals surface area contributed by atoms with E-state index in [2.05, 4.69) is 5.32 Å². The van der Waals surface area contributed by atoms with E-state index in [9.17, 15) is 0 Å². The zero-order valence-corrected chi connectivity index (χ0v) is 16.9. The van der Waals surface area contributed by atoms with Crippen LogP contribution in [-0.4, -0.2) is 42.9 Å². The molecule has 28 heavy (non-hydrogen) atoms. The molecule has 152 valence electrons. The minimum Gasteiger partial charge on any atom is -0.493 e. The van der Waals surface area contributed by atoms with Crippen LogP contribution in [0, 0.1) is 0 Å². The SMILES string of the molecule is COc1ccc(CCNCc2ccc(Cl)cc2Cl)cc1OC.O=C(O)C(=O)O. The molecule has 0 aliphatic carbocycles. The van der Waals surface area contributed by atoms with E-state index in [1.807, 2.05) is 30.3 Å². The smallest absolute Gasteiger partial charge is 0.414 e. The number of ether oxygens (including phenoxy) is 2. The van der Waals surface area contributed by atoms with Gasteiger partial charge in [0.15, 0.2) is 11.5 Å². The van der Waals surface area contributed by atoms with E-state index in [1.165, 1.54) is 5.56 Å². The summed E-state index contributed by atoms with van der Waals surface area (Å²) in [6.07, 6.45) is 0.894. The molecule has 0 atom stereocenters. The average Bonchev–Trinajstić information content (AvgIpc) is 2.66. The van der Waals surface area contributed by atoms with Crippen LogP contribution in [0.25, 0.3) is 0 Å². The second-order valence-corrected chi connectivity index (χ2v) is 6.31. The molecule has 9 heteroatoms. The van der Waals surface area contributed by atoms with Gasteiger partial charge in [0.2, 0.25) is 0 Å². The number of carbonyl (C=O) groups is 2. The lowest BCUT2D eigenvalue weighted by Gasteiger charge is -2.10. The van der Waals surface area contributed by atoms with Gasteiger partial charge in [0.25, 0.3) is 0 Å². The third kappa shape index (κ3) is 8.04. The lowest BCUT2D eigenvalue weighted by Crippen LogP contribution is -2.17. The maximum absolute atomic E-state index is 9.10. The van der Waals surface area contributed by atoms with Gasteiger partial charge < -0.3 is 25.0 Å². The summed E-state index contributed by atoms with van der Waals surface area (Å²) in [5.41, 5.74) is 2.23. The topological polar surface area (TPSA) is 105 Å². The van der Waals surface area contributed by atoms with E-state index >= 15 is 0 Å². The molecular weight excluding hydrogens is 409 g/mol. The number of aliphatic carboxylic acids is 2. The molecule has 0 amide bonds. The Morgan fingerprint density at radius 2 is 1.61 bits per heavy atom. The maximum atomic E-state index is 9.10. The molecule has 7 nitrogen and oxygen atoms in total. The summed E-state index contributed by atoms with van der Waals surface area (Å²) in [5.74, 6) is -2.15. The summed E-state index contributed by atoms with van der Waals surface area (Å²) >= 11 is 12.0. The molecule has 0 radical (unpaired) electrons. The van der Waals surface area contributed by atoms with Crippen molar-refractivity contribution < 1.29 is 29.3 Å². The van der Waals surface area contributed by atoms with E-state index in [4.69, 9.17) is 52.5 Å². The minimum atomic E-state index is -1.82. The van der Waals surface area contributed by atoms with Crippen LogP contribution < -0.4 is 14.8 Å². The molecule has 0 aliphatic rings. The van der Waals surface area contributed by atoms with Crippen LogP contribution in [0.15, 0.2) is 36.4 Å². The summed E-state index contributed by atoms with van der Waals surface area (Å²) in [4.78, 5) is 18.2. The molecule has 0 spiro atoms. The lowest BCUT2D eigenvalue weighted by molar-refractivity contribution is -0.159. The Labute approximate surface area is 172 Å². The van der Waals surface area contributed by atoms with Crippen LogP contribution in [0.4, 0.5) is 0 Å². The molecule has 0 heterocycles. The van der Waals surface area contributed by atoms with Crippen molar-refractivity contribution in [1.29, 1.82) is 0 Å². The quantitative estimate of drug-likeness (QED) is 0.456. The Morgan fingerprint density at radius 3 is 2.14 bits per heavy atom. The first-order valence-electron chi connectivity index (χ1n) is 8.10. The van der Waals surface area contributed by atoms with Crippen LogP contribution in [0.2, 0.25) is 10.0 Å². The molecule has 0 aromatic heterocycles. The fourth-order valence-electron chi connectivity index (χ4n) is 2.16. The fraction of sp³-hybridized carbons (Fsp3) is 0.263. The first-order chi connectivity index (χ1) is 13.3. The van der Waals surface area contributed by atoms with E-state index in [0.29, 0.717) is 16.6 Å². The zero-order chi connectivity index (χ0) is 21.1. The second kappa shape index (κ2) is 12.1. The molecule has 0 aliphatic heterocycles. The van der Waals surface area contributed by atoms with E-state index in [0.717, 1.165) is 30.0 Å². The van der Waals surface area contributed by atoms with Crippen LogP contribution in [0.3, 0.4) is 0 Å². The number of rotatable bonds is 7. The van der Waals surface area contributed by atoms with Crippen molar-refractivity contribution in [3.63, 3.8) is 0 Å². The minimum absolute atomic E-state index is 0.652. The number of nitrogens with one attached hydrogen (secondary N) is 1. The zero-order valence-electron chi connectivity index (χ0n) is 15.4. The molecule has 0 unspecified atom stereocenters. The summed E-state index contributed by atoms with van der Waals surface area (Å²) in [5, 5.41) is 19.5. The summed E-state index contributed by atoms with van der Waals surface area (Å²) < 4.78 is 10.5. The van der Waals surface area contributed by atoms with Crippen molar-refractivity contribution in [1.82, 2.24) is 5.32 Å². The number of halogens is 2. The van der Waals surface area contributed by atoms with Crippen molar-refractivity contribution in [3.8, 4) is 11.5 Å². The molecule has 0 saturated carbocycles. The molecule has 0 fully saturated rings. The van der Waals surface area contributed by atoms with Gasteiger partial charge in [0, 0.05) is 16.6 Å². The number of hydrogen-bond acceptors (Lipinski definition) is 5. The number of carboxylic acids is 2. The predicted octanol–water partition coefficient (Wildman–Crippen LogP) is 3.50. The van der Waals surface area contributed by atoms with Crippen LogP contribution in [0.5, 0.6) is 11.5 Å². The van der Waals surface area contributed by atoms with Crippen molar-refractivity contribution in [2.75, 3.05) is 20.8 Å². The number of methoxy groups -OCH3 is 2. The normalized spacial score (nSPS) is 9.86. The molecule has 2 rings (SSSR count). The fourth-order valence-corrected chi connectivity index (χ4v) is 2.63. The third-order valence-electron chi connectivity index (χ3n) is 3.55. The van der Waals surface area contributed by atoms with Crippen molar-refractivity contribution in [3.05, 3.63) is 57.6 Å². The van der Waals surface area contributed by atoms with Gasteiger partial charge in [-0.1, -0.05) is 35.3 Å². The Hall–Kier alpha value is -2.48. The number of carboxylic acid groups (broad SMARTS) is 2. The molecule has 0 saturated heterocycles. The number of benzene rings is 2. The Bertz CT molecular complexity index is 801. The summed E-state index contributed by atoms with van der Waals surface area (Å²) in [6, 6.07) is 11.5. The number of hydrogen-bond donors (Lipinski definition) is 3. The summed E-state index contributed by atoms with van der Waals surface area (Å²) in [7, 11) is 3.28. The first kappa shape index (κ1) is 23.6. The molecule has 0 bridgehead atoms. The van der Waals surface area contributed by atoms with Gasteiger partial charge in [-0.3, -0.25) is 0 Å². The maximum Gasteiger partial charge on any atom is 0.414 e. The standard InChI is InChI=1S/C17H19Cl2NO2.C2H2O4/c1-21-16-6-3-12(9-17(16)22-2)7-8-20-11-13-4-5-14(18)10-15(13)19;3-1(4)2(5)6/h3-6,9-10,20H,7-8,11H2,1-2H3;(H,3,4)(H,5,6). The van der Waals surface area contributed by atoms with Gasteiger partial charge in [-0.25, -0.2) is 9.59 Å². The van der Waals surface area contributed by atoms with Crippen molar-refractivity contribution >= 4 is 35.1 Å². The lowest BCUT2D eigenvalue weighted by atomic mass is 10.1. The molecule has 3 N–H and O–H groups in total. The van der Waals surface area contributed by atoms with Gasteiger partial charge in [-0.2, -0.15) is 0 Å². The largest absolute Gasteiger partial charge is 0.493 e. The highest BCUT2D eigenvalue weighted by atomic mass is 35.5. The molecule has 2 aromatic carbocycles. The van der Waals surface area contributed by atoms with Crippen molar-refractivity contribution in [2.45, 2.75) is 13.0 Å². The van der Waals surface area contributed by atoms with Gasteiger partial charge in [0.1, 0.15) is 0 Å². The molecule has 2 aromatic rings. The third-order valence-corrected chi connectivity index (χ3v) is 4.14. The Balaban J connectivity index is 0.000000568. The summed E-state index contributed by atoms with van der Waals surface area (Å²) in [6.45, 7) is 1.55.